The number of carbonyl (C=O) groups excluding carboxylic acids is 1. The number of anilines is 2. The first-order valence-electron chi connectivity index (χ1n) is 6.99. The SMILES string of the molecule is COc1ccc(C(=O)/C=C/Nc2ccc(N(C)C)cc2)cc1. The van der Waals surface area contributed by atoms with Crippen molar-refractivity contribution >= 4 is 17.2 Å². The van der Waals surface area contributed by atoms with Crippen LogP contribution in [0.1, 0.15) is 10.4 Å². The summed E-state index contributed by atoms with van der Waals surface area (Å²) in [4.78, 5) is 14.0. The molecule has 4 nitrogen and oxygen atoms in total. The largest absolute Gasteiger partial charge is 0.497 e. The third-order valence-corrected chi connectivity index (χ3v) is 3.24. The molecule has 0 aromatic heterocycles. The van der Waals surface area contributed by atoms with E-state index in [1.807, 2.05) is 43.3 Å². The van der Waals surface area contributed by atoms with Crippen LogP contribution in [0, 0.1) is 0 Å². The van der Waals surface area contributed by atoms with Crippen LogP contribution >= 0.6 is 0 Å². The van der Waals surface area contributed by atoms with Gasteiger partial charge in [0, 0.05) is 43.3 Å². The zero-order valence-electron chi connectivity index (χ0n) is 13.0. The lowest BCUT2D eigenvalue weighted by molar-refractivity contribution is 0.104. The van der Waals surface area contributed by atoms with Crippen LogP contribution in [0.3, 0.4) is 0 Å². The van der Waals surface area contributed by atoms with Crippen LogP contribution in [0.15, 0.2) is 60.8 Å². The Hall–Kier alpha value is -2.75. The van der Waals surface area contributed by atoms with E-state index in [1.165, 1.54) is 6.08 Å². The number of benzene rings is 2. The summed E-state index contributed by atoms with van der Waals surface area (Å²) in [5, 5.41) is 3.09. The van der Waals surface area contributed by atoms with Crippen molar-refractivity contribution in [2.45, 2.75) is 0 Å². The van der Waals surface area contributed by atoms with Crippen molar-refractivity contribution in [3.8, 4) is 5.75 Å². The molecule has 0 bridgehead atoms. The lowest BCUT2D eigenvalue weighted by Crippen LogP contribution is -2.08. The number of carbonyl (C=O) groups is 1. The maximum absolute atomic E-state index is 12.0. The summed E-state index contributed by atoms with van der Waals surface area (Å²) in [6, 6.07) is 15.0. The van der Waals surface area contributed by atoms with Gasteiger partial charge in [-0.3, -0.25) is 4.79 Å². The van der Waals surface area contributed by atoms with E-state index in [4.69, 9.17) is 4.74 Å². The van der Waals surface area contributed by atoms with E-state index in [-0.39, 0.29) is 5.78 Å². The highest BCUT2D eigenvalue weighted by Crippen LogP contribution is 2.16. The normalized spacial score (nSPS) is 10.5. The van der Waals surface area contributed by atoms with Crippen LogP contribution in [0.2, 0.25) is 0 Å². The molecule has 0 saturated carbocycles. The second kappa shape index (κ2) is 7.31. The molecule has 0 unspecified atom stereocenters. The van der Waals surface area contributed by atoms with E-state index in [2.05, 4.69) is 5.32 Å². The molecule has 0 aliphatic carbocycles. The van der Waals surface area contributed by atoms with Gasteiger partial charge in [-0.05, 0) is 48.5 Å². The van der Waals surface area contributed by atoms with Gasteiger partial charge in [-0.1, -0.05) is 0 Å². The van der Waals surface area contributed by atoms with Gasteiger partial charge in [-0.25, -0.2) is 0 Å². The minimum Gasteiger partial charge on any atom is -0.497 e. The number of hydrogen-bond donors (Lipinski definition) is 1. The maximum Gasteiger partial charge on any atom is 0.187 e. The zero-order chi connectivity index (χ0) is 15.9. The second-order valence-corrected chi connectivity index (χ2v) is 5.01. The Balaban J connectivity index is 1.94. The predicted octanol–water partition coefficient (Wildman–Crippen LogP) is 3.57. The van der Waals surface area contributed by atoms with Gasteiger partial charge in [-0.15, -0.1) is 0 Å². The molecule has 1 N–H and O–H groups in total. The van der Waals surface area contributed by atoms with Crippen LogP contribution in [0.4, 0.5) is 11.4 Å². The molecule has 0 saturated heterocycles. The molecule has 2 rings (SSSR count). The molecule has 0 atom stereocenters. The number of ketones is 1. The van der Waals surface area contributed by atoms with Crippen LogP contribution in [0.5, 0.6) is 5.75 Å². The van der Waals surface area contributed by atoms with E-state index in [1.54, 1.807) is 37.6 Å². The third kappa shape index (κ3) is 4.12. The summed E-state index contributed by atoms with van der Waals surface area (Å²) in [5.41, 5.74) is 2.69. The van der Waals surface area contributed by atoms with Crippen molar-refractivity contribution in [1.29, 1.82) is 0 Å². The zero-order valence-corrected chi connectivity index (χ0v) is 13.0. The van der Waals surface area contributed by atoms with Gasteiger partial charge in [-0.2, -0.15) is 0 Å². The first-order valence-corrected chi connectivity index (χ1v) is 6.99. The van der Waals surface area contributed by atoms with Crippen molar-refractivity contribution in [1.82, 2.24) is 0 Å². The molecule has 0 aliphatic heterocycles. The molecule has 2 aromatic rings. The molecule has 0 heterocycles. The summed E-state index contributed by atoms with van der Waals surface area (Å²) in [7, 11) is 5.59. The van der Waals surface area contributed by atoms with Gasteiger partial charge in [0.15, 0.2) is 5.78 Å². The lowest BCUT2D eigenvalue weighted by atomic mass is 10.1. The van der Waals surface area contributed by atoms with E-state index < -0.39 is 0 Å². The summed E-state index contributed by atoms with van der Waals surface area (Å²) in [6.45, 7) is 0. The number of ether oxygens (including phenoxy) is 1. The van der Waals surface area contributed by atoms with E-state index >= 15 is 0 Å². The molecule has 4 heteroatoms. The van der Waals surface area contributed by atoms with Crippen molar-refractivity contribution < 1.29 is 9.53 Å². The number of allylic oxidation sites excluding steroid dienone is 1. The quantitative estimate of drug-likeness (QED) is 0.653. The number of nitrogens with one attached hydrogen (secondary N) is 1. The molecule has 0 fully saturated rings. The van der Waals surface area contributed by atoms with Crippen molar-refractivity contribution in [3.05, 3.63) is 66.4 Å². The van der Waals surface area contributed by atoms with Crippen LogP contribution in [0.25, 0.3) is 0 Å². The number of hydrogen-bond acceptors (Lipinski definition) is 4. The highest BCUT2D eigenvalue weighted by atomic mass is 16.5. The van der Waals surface area contributed by atoms with Gasteiger partial charge in [0.2, 0.25) is 0 Å². The third-order valence-electron chi connectivity index (χ3n) is 3.24. The monoisotopic (exact) mass is 296 g/mol. The van der Waals surface area contributed by atoms with Gasteiger partial charge < -0.3 is 15.0 Å². The summed E-state index contributed by atoms with van der Waals surface area (Å²) in [5.74, 6) is 0.680. The summed E-state index contributed by atoms with van der Waals surface area (Å²) >= 11 is 0. The molecule has 0 radical (unpaired) electrons. The van der Waals surface area contributed by atoms with Gasteiger partial charge in [0.1, 0.15) is 5.75 Å². The molecule has 0 amide bonds. The average Bonchev–Trinajstić information content (AvgIpc) is 2.55. The maximum atomic E-state index is 12.0. The Bertz CT molecular complexity index is 644. The number of methoxy groups -OCH3 is 1. The Morgan fingerprint density at radius 1 is 1.05 bits per heavy atom. The molecule has 2 aromatic carbocycles. The van der Waals surface area contributed by atoms with Gasteiger partial charge in [0.25, 0.3) is 0 Å². The van der Waals surface area contributed by atoms with Gasteiger partial charge in [0.05, 0.1) is 7.11 Å². The number of rotatable bonds is 6. The topological polar surface area (TPSA) is 41.6 Å². The number of nitrogens with zero attached hydrogens (tertiary/aromatic N) is 1. The second-order valence-electron chi connectivity index (χ2n) is 5.01. The first kappa shape index (κ1) is 15.6. The van der Waals surface area contributed by atoms with E-state index in [0.717, 1.165) is 17.1 Å². The van der Waals surface area contributed by atoms with Gasteiger partial charge >= 0.3 is 0 Å². The molecular weight excluding hydrogens is 276 g/mol. The van der Waals surface area contributed by atoms with Crippen LogP contribution < -0.4 is 15.0 Å². The molecule has 0 spiro atoms. The highest BCUT2D eigenvalue weighted by Gasteiger charge is 2.01. The standard InChI is InChI=1S/C18H20N2O2/c1-20(2)16-8-6-15(7-9-16)19-13-12-18(21)14-4-10-17(22-3)11-5-14/h4-13,19H,1-3H3/b13-12+. The molecule has 114 valence electrons. The van der Waals surface area contributed by atoms with Crippen molar-refractivity contribution in [2.75, 3.05) is 31.4 Å². The summed E-state index contributed by atoms with van der Waals surface area (Å²) in [6.07, 6.45) is 3.17. The van der Waals surface area contributed by atoms with Crippen LogP contribution in [-0.4, -0.2) is 27.0 Å². The molecular formula is C18H20N2O2. The Labute approximate surface area is 131 Å². The minimum atomic E-state index is -0.0555. The van der Waals surface area contributed by atoms with E-state index in [0.29, 0.717) is 5.56 Å². The Morgan fingerprint density at radius 3 is 2.23 bits per heavy atom. The Morgan fingerprint density at radius 2 is 1.68 bits per heavy atom. The van der Waals surface area contributed by atoms with E-state index in [9.17, 15) is 4.79 Å². The fraction of sp³-hybridized carbons (Fsp3) is 0.167. The van der Waals surface area contributed by atoms with Crippen molar-refractivity contribution in [3.63, 3.8) is 0 Å². The lowest BCUT2D eigenvalue weighted by Gasteiger charge is -2.12. The first-order chi connectivity index (χ1) is 10.6. The smallest absolute Gasteiger partial charge is 0.187 e. The van der Waals surface area contributed by atoms with Crippen LogP contribution in [-0.2, 0) is 0 Å². The fourth-order valence-corrected chi connectivity index (χ4v) is 1.92. The average molecular weight is 296 g/mol. The fourth-order valence-electron chi connectivity index (χ4n) is 1.92. The predicted molar refractivity (Wildman–Crippen MR) is 90.9 cm³/mol. The van der Waals surface area contributed by atoms with Crippen molar-refractivity contribution in [2.24, 2.45) is 0 Å². The minimum absolute atomic E-state index is 0.0555. The summed E-state index contributed by atoms with van der Waals surface area (Å²) < 4.78 is 5.07. The molecule has 0 aliphatic rings. The molecule has 22 heavy (non-hydrogen) atoms. The highest BCUT2D eigenvalue weighted by molar-refractivity contribution is 6.04. The Kier molecular flexibility index (Phi) is 5.20.